The molecule has 1 amide bonds. The monoisotopic (exact) mass is 219 g/mol. The van der Waals surface area contributed by atoms with Gasteiger partial charge in [0.05, 0.1) is 0 Å². The minimum absolute atomic E-state index is 0.148. The van der Waals surface area contributed by atoms with Crippen molar-refractivity contribution in [1.29, 1.82) is 0 Å². The first-order valence-electron chi connectivity index (χ1n) is 5.96. The Labute approximate surface area is 98.1 Å². The molecule has 1 aromatic carbocycles. The van der Waals surface area contributed by atoms with Crippen molar-refractivity contribution in [1.82, 2.24) is 5.32 Å². The van der Waals surface area contributed by atoms with Crippen molar-refractivity contribution in [3.63, 3.8) is 0 Å². The first kappa shape index (κ1) is 12.8. The summed E-state index contributed by atoms with van der Waals surface area (Å²) in [6, 6.07) is 8.63. The highest BCUT2D eigenvalue weighted by molar-refractivity contribution is 5.76. The lowest BCUT2D eigenvalue weighted by Crippen LogP contribution is -2.31. The summed E-state index contributed by atoms with van der Waals surface area (Å²) >= 11 is 0. The maximum absolute atomic E-state index is 11.5. The highest BCUT2D eigenvalue weighted by Crippen LogP contribution is 2.05. The Morgan fingerprint density at radius 1 is 1.31 bits per heavy atom. The Morgan fingerprint density at radius 2 is 1.94 bits per heavy atom. The fourth-order valence-corrected chi connectivity index (χ4v) is 1.46. The lowest BCUT2D eigenvalue weighted by molar-refractivity contribution is -0.121. The number of hydrogen-bond donors (Lipinski definition) is 1. The molecule has 0 aliphatic rings. The minimum atomic E-state index is 0.148. The fourth-order valence-electron chi connectivity index (χ4n) is 1.46. The van der Waals surface area contributed by atoms with Gasteiger partial charge in [0, 0.05) is 12.5 Å². The van der Waals surface area contributed by atoms with Gasteiger partial charge in [-0.05, 0) is 32.3 Å². The van der Waals surface area contributed by atoms with E-state index in [0.29, 0.717) is 6.42 Å². The van der Waals surface area contributed by atoms with Gasteiger partial charge in [-0.1, -0.05) is 36.8 Å². The van der Waals surface area contributed by atoms with Crippen molar-refractivity contribution in [3.8, 4) is 0 Å². The molecule has 1 N–H and O–H groups in total. The lowest BCUT2D eigenvalue weighted by Gasteiger charge is -2.11. The Hall–Kier alpha value is -1.31. The second-order valence-electron chi connectivity index (χ2n) is 4.36. The molecular weight excluding hydrogens is 198 g/mol. The van der Waals surface area contributed by atoms with E-state index in [1.807, 2.05) is 6.92 Å². The van der Waals surface area contributed by atoms with Crippen LogP contribution in [0.1, 0.15) is 37.8 Å². The van der Waals surface area contributed by atoms with Crippen LogP contribution in [0.15, 0.2) is 24.3 Å². The van der Waals surface area contributed by atoms with Crippen LogP contribution in [-0.2, 0) is 11.2 Å². The molecule has 0 radical (unpaired) electrons. The molecule has 1 unspecified atom stereocenters. The molecule has 0 aromatic heterocycles. The lowest BCUT2D eigenvalue weighted by atomic mass is 10.1. The van der Waals surface area contributed by atoms with Crippen LogP contribution >= 0.6 is 0 Å². The molecule has 2 heteroatoms. The number of aryl methyl sites for hydroxylation is 2. The first-order valence-corrected chi connectivity index (χ1v) is 5.96. The van der Waals surface area contributed by atoms with Gasteiger partial charge in [-0.25, -0.2) is 0 Å². The molecule has 1 aromatic rings. The third kappa shape index (κ3) is 4.47. The summed E-state index contributed by atoms with van der Waals surface area (Å²) in [5.41, 5.74) is 2.48. The molecule has 88 valence electrons. The highest BCUT2D eigenvalue weighted by atomic mass is 16.1. The number of carbonyl (C=O) groups is 1. The van der Waals surface area contributed by atoms with Gasteiger partial charge >= 0.3 is 0 Å². The minimum Gasteiger partial charge on any atom is -0.354 e. The van der Waals surface area contributed by atoms with Crippen molar-refractivity contribution in [3.05, 3.63) is 35.4 Å². The van der Waals surface area contributed by atoms with E-state index in [1.165, 1.54) is 11.1 Å². The van der Waals surface area contributed by atoms with Gasteiger partial charge in [-0.3, -0.25) is 4.79 Å². The maximum atomic E-state index is 11.5. The van der Waals surface area contributed by atoms with Gasteiger partial charge in [0.1, 0.15) is 0 Å². The van der Waals surface area contributed by atoms with Crippen molar-refractivity contribution < 1.29 is 4.79 Å². The van der Waals surface area contributed by atoms with Gasteiger partial charge < -0.3 is 5.32 Å². The van der Waals surface area contributed by atoms with Gasteiger partial charge in [0.25, 0.3) is 0 Å². The molecule has 0 heterocycles. The summed E-state index contributed by atoms with van der Waals surface area (Å²) in [4.78, 5) is 11.5. The van der Waals surface area contributed by atoms with Crippen molar-refractivity contribution >= 4 is 5.91 Å². The summed E-state index contributed by atoms with van der Waals surface area (Å²) in [7, 11) is 0. The smallest absolute Gasteiger partial charge is 0.220 e. The molecule has 2 nitrogen and oxygen atoms in total. The second-order valence-corrected chi connectivity index (χ2v) is 4.36. The molecule has 16 heavy (non-hydrogen) atoms. The Kier molecular flexibility index (Phi) is 5.03. The molecule has 0 aliphatic heterocycles. The summed E-state index contributed by atoms with van der Waals surface area (Å²) in [5.74, 6) is 0.148. The van der Waals surface area contributed by atoms with Crippen molar-refractivity contribution in [2.45, 2.75) is 46.1 Å². The van der Waals surface area contributed by atoms with E-state index in [-0.39, 0.29) is 11.9 Å². The maximum Gasteiger partial charge on any atom is 0.220 e. The number of carbonyl (C=O) groups excluding carboxylic acids is 1. The van der Waals surface area contributed by atoms with Crippen LogP contribution in [0.4, 0.5) is 0 Å². The van der Waals surface area contributed by atoms with Crippen molar-refractivity contribution in [2.24, 2.45) is 0 Å². The van der Waals surface area contributed by atoms with Gasteiger partial charge in [0.15, 0.2) is 0 Å². The standard InChI is InChI=1S/C14H21NO/c1-4-12(3)15-14(16)10-9-13-7-5-11(2)6-8-13/h5-8,12H,4,9-10H2,1-3H3,(H,15,16). The van der Waals surface area contributed by atoms with Gasteiger partial charge in [0.2, 0.25) is 5.91 Å². The van der Waals surface area contributed by atoms with E-state index in [9.17, 15) is 4.79 Å². The van der Waals surface area contributed by atoms with E-state index < -0.39 is 0 Å². The molecule has 0 bridgehead atoms. The number of hydrogen-bond acceptors (Lipinski definition) is 1. The highest BCUT2D eigenvalue weighted by Gasteiger charge is 2.05. The van der Waals surface area contributed by atoms with E-state index in [4.69, 9.17) is 0 Å². The van der Waals surface area contributed by atoms with E-state index in [0.717, 1.165) is 12.8 Å². The quantitative estimate of drug-likeness (QED) is 0.810. The second kappa shape index (κ2) is 6.31. The van der Waals surface area contributed by atoms with Crippen LogP contribution in [0.5, 0.6) is 0 Å². The third-order valence-electron chi connectivity index (χ3n) is 2.78. The molecule has 1 rings (SSSR count). The molecule has 0 saturated heterocycles. The predicted octanol–water partition coefficient (Wildman–Crippen LogP) is 2.84. The molecule has 0 fully saturated rings. The Morgan fingerprint density at radius 3 is 2.50 bits per heavy atom. The number of rotatable bonds is 5. The summed E-state index contributed by atoms with van der Waals surface area (Å²) in [6.07, 6.45) is 2.38. The van der Waals surface area contributed by atoms with Gasteiger partial charge in [-0.2, -0.15) is 0 Å². The number of benzene rings is 1. The van der Waals surface area contributed by atoms with Crippen molar-refractivity contribution in [2.75, 3.05) is 0 Å². The van der Waals surface area contributed by atoms with Crippen LogP contribution in [-0.4, -0.2) is 11.9 Å². The third-order valence-corrected chi connectivity index (χ3v) is 2.78. The van der Waals surface area contributed by atoms with Gasteiger partial charge in [-0.15, -0.1) is 0 Å². The Bertz CT molecular complexity index is 329. The van der Waals surface area contributed by atoms with E-state index in [2.05, 4.69) is 43.4 Å². The summed E-state index contributed by atoms with van der Waals surface area (Å²) < 4.78 is 0. The largest absolute Gasteiger partial charge is 0.354 e. The average Bonchev–Trinajstić information content (AvgIpc) is 2.28. The van der Waals surface area contributed by atoms with Crippen LogP contribution in [0.3, 0.4) is 0 Å². The topological polar surface area (TPSA) is 29.1 Å². The van der Waals surface area contributed by atoms with Crippen LogP contribution in [0.25, 0.3) is 0 Å². The molecular formula is C14H21NO. The average molecular weight is 219 g/mol. The zero-order chi connectivity index (χ0) is 12.0. The molecule has 0 spiro atoms. The zero-order valence-corrected chi connectivity index (χ0v) is 10.4. The van der Waals surface area contributed by atoms with Crippen LogP contribution in [0, 0.1) is 6.92 Å². The summed E-state index contributed by atoms with van der Waals surface area (Å²) in [6.45, 7) is 6.17. The van der Waals surface area contributed by atoms with Crippen LogP contribution in [0.2, 0.25) is 0 Å². The molecule has 0 saturated carbocycles. The fraction of sp³-hybridized carbons (Fsp3) is 0.500. The SMILES string of the molecule is CCC(C)NC(=O)CCc1ccc(C)cc1. The Balaban J connectivity index is 2.34. The molecule has 1 atom stereocenters. The van der Waals surface area contributed by atoms with E-state index in [1.54, 1.807) is 0 Å². The number of nitrogens with one attached hydrogen (secondary N) is 1. The van der Waals surface area contributed by atoms with E-state index >= 15 is 0 Å². The summed E-state index contributed by atoms with van der Waals surface area (Å²) in [5, 5.41) is 2.97. The first-order chi connectivity index (χ1) is 7.61. The number of amides is 1. The normalized spacial score (nSPS) is 12.2. The van der Waals surface area contributed by atoms with Crippen LogP contribution < -0.4 is 5.32 Å². The molecule has 0 aliphatic carbocycles. The predicted molar refractivity (Wildman–Crippen MR) is 67.4 cm³/mol. The zero-order valence-electron chi connectivity index (χ0n) is 10.4.